The average molecular weight is 518 g/mol. The van der Waals surface area contributed by atoms with E-state index in [4.69, 9.17) is 14.2 Å². The molecule has 2 aromatic carbocycles. The molecule has 0 N–H and O–H groups in total. The van der Waals surface area contributed by atoms with E-state index in [0.29, 0.717) is 17.5 Å². The van der Waals surface area contributed by atoms with Gasteiger partial charge in [-0.05, 0) is 50.4 Å². The van der Waals surface area contributed by atoms with E-state index in [1.165, 1.54) is 11.8 Å². The normalized spacial score (nSPS) is 19.2. The lowest BCUT2D eigenvalue weighted by molar-refractivity contribution is -0.0563. The molecule has 0 saturated carbocycles. The van der Waals surface area contributed by atoms with Gasteiger partial charge >= 0.3 is 11.9 Å². The lowest BCUT2D eigenvalue weighted by Crippen LogP contribution is -2.32. The molecule has 1 aliphatic heterocycles. The molecule has 0 radical (unpaired) electrons. The Morgan fingerprint density at radius 2 is 1.62 bits per heavy atom. The minimum absolute atomic E-state index is 0.0602. The van der Waals surface area contributed by atoms with Crippen LogP contribution in [0, 0.1) is 13.8 Å². The number of carbonyl (C=O) groups is 2. The van der Waals surface area contributed by atoms with Gasteiger partial charge in [-0.1, -0.05) is 35.4 Å². The lowest BCUT2D eigenvalue weighted by atomic mass is 10.1. The average Bonchev–Trinajstić information content (AvgIpc) is 3.52. The first-order chi connectivity index (χ1) is 17.9. The van der Waals surface area contributed by atoms with Gasteiger partial charge in [-0.2, -0.15) is 0 Å². The third-order valence-corrected chi connectivity index (χ3v) is 7.03. The summed E-state index contributed by atoms with van der Waals surface area (Å²) < 4.78 is 19.7. The van der Waals surface area contributed by atoms with Gasteiger partial charge in [-0.25, -0.2) is 19.6 Å². The van der Waals surface area contributed by atoms with Crippen LogP contribution in [0.2, 0.25) is 0 Å². The molecule has 0 bridgehead atoms. The predicted molar refractivity (Wildman–Crippen MR) is 140 cm³/mol. The van der Waals surface area contributed by atoms with Crippen molar-refractivity contribution in [2.75, 3.05) is 12.9 Å². The zero-order valence-electron chi connectivity index (χ0n) is 20.8. The van der Waals surface area contributed by atoms with Crippen molar-refractivity contribution in [3.05, 3.63) is 89.4 Å². The predicted octanol–water partition coefficient (Wildman–Crippen LogP) is 5.14. The van der Waals surface area contributed by atoms with Crippen LogP contribution in [0.25, 0.3) is 11.0 Å². The SMILES string of the molecule is CSc1nccc2ncn([C@H]3C[C@H](OC(=O)c4ccc(C)cc4)[C@@H](COC(=O)c4ccc(C)cc4)O3)c12. The number of rotatable bonds is 7. The highest BCUT2D eigenvalue weighted by atomic mass is 32.2. The van der Waals surface area contributed by atoms with Crippen molar-refractivity contribution in [1.82, 2.24) is 14.5 Å². The van der Waals surface area contributed by atoms with E-state index < -0.39 is 30.4 Å². The standard InChI is InChI=1S/C28H27N3O5S/c1-17-4-8-19(9-5-17)27(32)34-15-23-22(36-28(33)20-10-6-18(2)7-11-20)14-24(35-23)31-16-30-21-12-13-29-26(37-3)25(21)31/h4-13,16,22-24H,14-15H2,1-3H3/t22-,23+,24+/m0/s1. The van der Waals surface area contributed by atoms with Crippen LogP contribution in [0.4, 0.5) is 0 Å². The number of nitrogens with zero attached hydrogens (tertiary/aromatic N) is 3. The van der Waals surface area contributed by atoms with Gasteiger partial charge in [0.2, 0.25) is 0 Å². The topological polar surface area (TPSA) is 92.5 Å². The van der Waals surface area contributed by atoms with Crippen LogP contribution in [0.3, 0.4) is 0 Å². The molecule has 1 saturated heterocycles. The largest absolute Gasteiger partial charge is 0.459 e. The number of pyridine rings is 1. The number of esters is 2. The highest BCUT2D eigenvalue weighted by molar-refractivity contribution is 7.98. The molecule has 3 heterocycles. The molecule has 9 heteroatoms. The van der Waals surface area contributed by atoms with Gasteiger partial charge in [-0.15, -0.1) is 11.8 Å². The van der Waals surface area contributed by atoms with E-state index in [-0.39, 0.29) is 6.61 Å². The number of hydrogen-bond acceptors (Lipinski definition) is 8. The minimum atomic E-state index is -0.652. The van der Waals surface area contributed by atoms with Gasteiger partial charge < -0.3 is 18.8 Å². The first-order valence-corrected chi connectivity index (χ1v) is 13.2. The van der Waals surface area contributed by atoms with Gasteiger partial charge in [0.1, 0.15) is 35.6 Å². The van der Waals surface area contributed by atoms with Gasteiger partial charge in [0.15, 0.2) is 0 Å². The molecule has 37 heavy (non-hydrogen) atoms. The van der Waals surface area contributed by atoms with E-state index >= 15 is 0 Å². The van der Waals surface area contributed by atoms with Crippen LogP contribution in [-0.2, 0) is 14.2 Å². The van der Waals surface area contributed by atoms with Crippen LogP contribution in [0.5, 0.6) is 0 Å². The van der Waals surface area contributed by atoms with Crippen molar-refractivity contribution < 1.29 is 23.8 Å². The number of fused-ring (bicyclic) bond motifs is 1. The van der Waals surface area contributed by atoms with Crippen LogP contribution < -0.4 is 0 Å². The maximum atomic E-state index is 12.9. The van der Waals surface area contributed by atoms with Crippen molar-refractivity contribution in [3.8, 4) is 0 Å². The molecule has 0 amide bonds. The second-order valence-corrected chi connectivity index (χ2v) is 9.77. The molecule has 5 rings (SSSR count). The highest BCUT2D eigenvalue weighted by Crippen LogP contribution is 2.35. The second kappa shape index (κ2) is 10.7. The number of hydrogen-bond donors (Lipinski definition) is 0. The van der Waals surface area contributed by atoms with Gasteiger partial charge in [0.25, 0.3) is 0 Å². The highest BCUT2D eigenvalue weighted by Gasteiger charge is 2.40. The summed E-state index contributed by atoms with van der Waals surface area (Å²) in [5.41, 5.74) is 4.64. The molecule has 1 aliphatic rings. The number of ether oxygens (including phenoxy) is 3. The van der Waals surface area contributed by atoms with Crippen LogP contribution in [0.1, 0.15) is 44.5 Å². The Morgan fingerprint density at radius 1 is 0.973 bits per heavy atom. The summed E-state index contributed by atoms with van der Waals surface area (Å²) in [6.45, 7) is 3.85. The number of imidazole rings is 1. The summed E-state index contributed by atoms with van der Waals surface area (Å²) in [4.78, 5) is 34.5. The smallest absolute Gasteiger partial charge is 0.338 e. The Balaban J connectivity index is 1.37. The number of aryl methyl sites for hydroxylation is 2. The first kappa shape index (κ1) is 25.0. The molecule has 190 valence electrons. The van der Waals surface area contributed by atoms with Crippen LogP contribution in [0.15, 0.2) is 72.1 Å². The molecule has 8 nitrogen and oxygen atoms in total. The fraction of sp³-hybridized carbons (Fsp3) is 0.286. The Bertz CT molecular complexity index is 1420. The molecular weight excluding hydrogens is 490 g/mol. The summed E-state index contributed by atoms with van der Waals surface area (Å²) >= 11 is 1.52. The fourth-order valence-corrected chi connectivity index (χ4v) is 4.86. The van der Waals surface area contributed by atoms with Gasteiger partial charge in [0, 0.05) is 12.6 Å². The molecule has 1 fully saturated rings. The van der Waals surface area contributed by atoms with Crippen molar-refractivity contribution >= 4 is 34.7 Å². The molecule has 0 unspecified atom stereocenters. The summed E-state index contributed by atoms with van der Waals surface area (Å²) in [7, 11) is 0. The number of aromatic nitrogens is 3. The van der Waals surface area contributed by atoms with Gasteiger partial charge in [0.05, 0.1) is 23.0 Å². The Morgan fingerprint density at radius 3 is 2.27 bits per heavy atom. The maximum absolute atomic E-state index is 12.9. The molecule has 0 aliphatic carbocycles. The molecule has 3 atom stereocenters. The summed E-state index contributed by atoms with van der Waals surface area (Å²) in [6, 6.07) is 16.2. The van der Waals surface area contributed by atoms with Crippen molar-refractivity contribution in [2.45, 2.75) is 43.7 Å². The van der Waals surface area contributed by atoms with E-state index in [0.717, 1.165) is 27.2 Å². The Hall–Kier alpha value is -3.69. The lowest BCUT2D eigenvalue weighted by Gasteiger charge is -2.19. The quantitative estimate of drug-likeness (QED) is 0.246. The second-order valence-electron chi connectivity index (χ2n) is 8.98. The minimum Gasteiger partial charge on any atom is -0.459 e. The van der Waals surface area contributed by atoms with Crippen LogP contribution in [-0.4, -0.2) is 51.5 Å². The molecule has 0 spiro atoms. The maximum Gasteiger partial charge on any atom is 0.338 e. The molecule has 2 aromatic heterocycles. The third kappa shape index (κ3) is 5.38. The van der Waals surface area contributed by atoms with E-state index in [1.54, 1.807) is 36.8 Å². The Labute approximate surface area is 219 Å². The number of carbonyl (C=O) groups excluding carboxylic acids is 2. The number of benzene rings is 2. The zero-order valence-corrected chi connectivity index (χ0v) is 21.6. The van der Waals surface area contributed by atoms with Gasteiger partial charge in [-0.3, -0.25) is 0 Å². The fourth-order valence-electron chi connectivity index (χ4n) is 4.29. The monoisotopic (exact) mass is 517 g/mol. The van der Waals surface area contributed by atoms with E-state index in [2.05, 4.69) is 9.97 Å². The molecular formula is C28H27N3O5S. The summed E-state index contributed by atoms with van der Waals surface area (Å²) in [5.74, 6) is -0.913. The number of thioether (sulfide) groups is 1. The van der Waals surface area contributed by atoms with E-state index in [1.807, 2.05) is 55.0 Å². The zero-order chi connectivity index (χ0) is 25.9. The van der Waals surface area contributed by atoms with Crippen molar-refractivity contribution in [1.29, 1.82) is 0 Å². The summed E-state index contributed by atoms with van der Waals surface area (Å²) in [6.07, 6.45) is 4.00. The first-order valence-electron chi connectivity index (χ1n) is 12.0. The van der Waals surface area contributed by atoms with Crippen molar-refractivity contribution in [3.63, 3.8) is 0 Å². The van der Waals surface area contributed by atoms with Crippen molar-refractivity contribution in [2.24, 2.45) is 0 Å². The third-order valence-electron chi connectivity index (χ3n) is 6.34. The van der Waals surface area contributed by atoms with E-state index in [9.17, 15) is 9.59 Å². The van der Waals surface area contributed by atoms with Crippen LogP contribution >= 0.6 is 11.8 Å². The Kier molecular flexibility index (Phi) is 7.25. The molecule has 4 aromatic rings. The summed E-state index contributed by atoms with van der Waals surface area (Å²) in [5, 5.41) is 0.820.